The zero-order valence-corrected chi connectivity index (χ0v) is 13.4. The Bertz CT molecular complexity index is 739. The van der Waals surface area contributed by atoms with E-state index in [-0.39, 0.29) is 17.7 Å². The summed E-state index contributed by atoms with van der Waals surface area (Å²) in [5.74, 6) is 0.239. The smallest absolute Gasteiger partial charge is 0.261 e. The fourth-order valence-electron chi connectivity index (χ4n) is 2.24. The molecule has 1 fully saturated rings. The van der Waals surface area contributed by atoms with Gasteiger partial charge in [-0.1, -0.05) is 0 Å². The van der Waals surface area contributed by atoms with Gasteiger partial charge in [-0.2, -0.15) is 0 Å². The topological polar surface area (TPSA) is 80.3 Å². The zero-order chi connectivity index (χ0) is 16.9. The maximum absolute atomic E-state index is 12.4. The summed E-state index contributed by atoms with van der Waals surface area (Å²) in [5, 5.41) is 5.66. The van der Waals surface area contributed by atoms with Gasteiger partial charge in [0.1, 0.15) is 5.56 Å². The summed E-state index contributed by atoms with van der Waals surface area (Å²) in [5.41, 5.74) is 1.74. The predicted octanol–water partition coefficient (Wildman–Crippen LogP) is 3.08. The molecule has 3 rings (SSSR count). The highest BCUT2D eigenvalue weighted by molar-refractivity contribution is 6.06. The van der Waals surface area contributed by atoms with Crippen molar-refractivity contribution < 1.29 is 14.3 Å². The van der Waals surface area contributed by atoms with E-state index in [0.29, 0.717) is 23.7 Å². The van der Waals surface area contributed by atoms with Crippen molar-refractivity contribution in [2.75, 3.05) is 17.2 Å². The second kappa shape index (κ2) is 7.12. The molecule has 6 nitrogen and oxygen atoms in total. The largest absolute Gasteiger partial charge is 0.477 e. The number of anilines is 2. The van der Waals surface area contributed by atoms with Crippen molar-refractivity contribution in [1.29, 1.82) is 0 Å². The molecule has 6 heteroatoms. The van der Waals surface area contributed by atoms with Crippen LogP contribution in [0.2, 0.25) is 0 Å². The van der Waals surface area contributed by atoms with Gasteiger partial charge in [-0.15, -0.1) is 0 Å². The first-order valence-corrected chi connectivity index (χ1v) is 7.97. The molecule has 2 amide bonds. The van der Waals surface area contributed by atoms with Crippen LogP contribution in [0.25, 0.3) is 0 Å². The Morgan fingerprint density at radius 2 is 1.79 bits per heavy atom. The predicted molar refractivity (Wildman–Crippen MR) is 91.2 cm³/mol. The van der Waals surface area contributed by atoms with Crippen LogP contribution in [-0.2, 0) is 4.79 Å². The zero-order valence-electron chi connectivity index (χ0n) is 13.4. The van der Waals surface area contributed by atoms with Gasteiger partial charge in [0, 0.05) is 23.5 Å². The second-order valence-corrected chi connectivity index (χ2v) is 5.58. The number of amides is 2. The van der Waals surface area contributed by atoms with Gasteiger partial charge in [-0.25, -0.2) is 4.98 Å². The van der Waals surface area contributed by atoms with Gasteiger partial charge in [0.15, 0.2) is 0 Å². The van der Waals surface area contributed by atoms with Gasteiger partial charge in [0.25, 0.3) is 5.91 Å². The van der Waals surface area contributed by atoms with E-state index in [0.717, 1.165) is 18.5 Å². The highest BCUT2D eigenvalue weighted by Gasteiger charge is 2.29. The van der Waals surface area contributed by atoms with Crippen LogP contribution in [0.4, 0.5) is 11.4 Å². The van der Waals surface area contributed by atoms with Crippen molar-refractivity contribution in [3.8, 4) is 5.88 Å². The van der Waals surface area contributed by atoms with Crippen molar-refractivity contribution >= 4 is 23.2 Å². The van der Waals surface area contributed by atoms with E-state index in [2.05, 4.69) is 15.6 Å². The Hall–Kier alpha value is -2.89. The number of pyridine rings is 1. The van der Waals surface area contributed by atoms with Crippen molar-refractivity contribution in [2.24, 2.45) is 5.92 Å². The molecule has 0 spiro atoms. The number of nitrogens with zero attached hydrogens (tertiary/aromatic N) is 1. The third kappa shape index (κ3) is 3.90. The van der Waals surface area contributed by atoms with Crippen LogP contribution < -0.4 is 15.4 Å². The number of hydrogen-bond acceptors (Lipinski definition) is 4. The first kappa shape index (κ1) is 16.0. The monoisotopic (exact) mass is 325 g/mol. The molecule has 0 atom stereocenters. The third-order valence-corrected chi connectivity index (χ3v) is 3.66. The van der Waals surface area contributed by atoms with Crippen molar-refractivity contribution in [3.63, 3.8) is 0 Å². The fourth-order valence-corrected chi connectivity index (χ4v) is 2.24. The number of carbonyl (C=O) groups excluding carboxylic acids is 2. The van der Waals surface area contributed by atoms with Gasteiger partial charge in [-0.05, 0) is 56.2 Å². The highest BCUT2D eigenvalue weighted by Crippen LogP contribution is 2.30. The van der Waals surface area contributed by atoms with E-state index in [1.54, 1.807) is 42.6 Å². The lowest BCUT2D eigenvalue weighted by Gasteiger charge is -2.10. The normalized spacial score (nSPS) is 13.2. The van der Waals surface area contributed by atoms with E-state index in [1.807, 2.05) is 6.92 Å². The molecule has 1 aliphatic rings. The van der Waals surface area contributed by atoms with E-state index in [9.17, 15) is 9.59 Å². The minimum absolute atomic E-state index is 0.0588. The molecule has 124 valence electrons. The quantitative estimate of drug-likeness (QED) is 0.855. The van der Waals surface area contributed by atoms with Crippen molar-refractivity contribution in [1.82, 2.24) is 4.98 Å². The Morgan fingerprint density at radius 1 is 1.12 bits per heavy atom. The summed E-state index contributed by atoms with van der Waals surface area (Å²) in [4.78, 5) is 28.2. The first-order chi connectivity index (χ1) is 11.7. The van der Waals surface area contributed by atoms with Crippen LogP contribution in [0.15, 0.2) is 42.6 Å². The third-order valence-electron chi connectivity index (χ3n) is 3.66. The number of aromatic nitrogens is 1. The molecule has 2 aromatic rings. The number of rotatable bonds is 6. The van der Waals surface area contributed by atoms with Crippen molar-refractivity contribution in [3.05, 3.63) is 48.2 Å². The maximum Gasteiger partial charge on any atom is 0.261 e. The lowest BCUT2D eigenvalue weighted by atomic mass is 10.2. The van der Waals surface area contributed by atoms with Gasteiger partial charge < -0.3 is 15.4 Å². The minimum atomic E-state index is -0.290. The van der Waals surface area contributed by atoms with Gasteiger partial charge in [-0.3, -0.25) is 9.59 Å². The Kier molecular flexibility index (Phi) is 4.74. The Labute approximate surface area is 140 Å². The fraction of sp³-hybridized carbons (Fsp3) is 0.278. The number of nitrogens with one attached hydrogen (secondary N) is 2. The maximum atomic E-state index is 12.4. The average molecular weight is 325 g/mol. The van der Waals surface area contributed by atoms with Crippen molar-refractivity contribution in [2.45, 2.75) is 19.8 Å². The number of hydrogen-bond donors (Lipinski definition) is 2. The molecule has 0 saturated heterocycles. The van der Waals surface area contributed by atoms with E-state index < -0.39 is 0 Å². The van der Waals surface area contributed by atoms with E-state index >= 15 is 0 Å². The molecule has 0 bridgehead atoms. The molecule has 0 unspecified atom stereocenters. The highest BCUT2D eigenvalue weighted by atomic mass is 16.5. The van der Waals surface area contributed by atoms with Gasteiger partial charge >= 0.3 is 0 Å². The lowest BCUT2D eigenvalue weighted by molar-refractivity contribution is -0.117. The molecule has 0 aliphatic heterocycles. The Balaban J connectivity index is 1.65. The van der Waals surface area contributed by atoms with Crippen LogP contribution in [0.1, 0.15) is 30.1 Å². The average Bonchev–Trinajstić information content (AvgIpc) is 3.42. The summed E-state index contributed by atoms with van der Waals surface area (Å²) < 4.78 is 5.37. The number of carbonyl (C=O) groups is 2. The molecule has 2 N–H and O–H groups in total. The van der Waals surface area contributed by atoms with Crippen LogP contribution in [0, 0.1) is 5.92 Å². The number of benzene rings is 1. The summed E-state index contributed by atoms with van der Waals surface area (Å²) in [7, 11) is 0. The summed E-state index contributed by atoms with van der Waals surface area (Å²) in [6.07, 6.45) is 3.51. The SMILES string of the molecule is CCOc1ncccc1C(=O)Nc1ccc(NC(=O)C2CC2)cc1. The second-order valence-electron chi connectivity index (χ2n) is 5.58. The van der Waals surface area contributed by atoms with Crippen LogP contribution >= 0.6 is 0 Å². The molecule has 0 radical (unpaired) electrons. The summed E-state index contributed by atoms with van der Waals surface area (Å²) in [6, 6.07) is 10.4. The molecular weight excluding hydrogens is 306 g/mol. The molecule has 1 aromatic heterocycles. The molecule has 1 aliphatic carbocycles. The lowest BCUT2D eigenvalue weighted by Crippen LogP contribution is -2.15. The first-order valence-electron chi connectivity index (χ1n) is 7.97. The molecule has 1 heterocycles. The van der Waals surface area contributed by atoms with E-state index in [1.165, 1.54) is 0 Å². The van der Waals surface area contributed by atoms with Crippen LogP contribution in [-0.4, -0.2) is 23.4 Å². The number of ether oxygens (including phenoxy) is 1. The van der Waals surface area contributed by atoms with Crippen LogP contribution in [0.5, 0.6) is 5.88 Å². The summed E-state index contributed by atoms with van der Waals surface area (Å²) >= 11 is 0. The molecular formula is C18H19N3O3. The van der Waals surface area contributed by atoms with E-state index in [4.69, 9.17) is 4.74 Å². The summed E-state index contributed by atoms with van der Waals surface area (Å²) in [6.45, 7) is 2.28. The van der Waals surface area contributed by atoms with Crippen LogP contribution in [0.3, 0.4) is 0 Å². The molecule has 24 heavy (non-hydrogen) atoms. The van der Waals surface area contributed by atoms with Gasteiger partial charge in [0.05, 0.1) is 6.61 Å². The standard InChI is InChI=1S/C18H19N3O3/c1-2-24-18-15(4-3-11-19-18)17(23)21-14-9-7-13(8-10-14)20-16(22)12-5-6-12/h3-4,7-12H,2,5-6H2,1H3,(H,20,22)(H,21,23). The van der Waals surface area contributed by atoms with Gasteiger partial charge in [0.2, 0.25) is 11.8 Å². The Morgan fingerprint density at radius 3 is 2.42 bits per heavy atom. The molecule has 1 aromatic carbocycles. The molecule has 1 saturated carbocycles. The minimum Gasteiger partial charge on any atom is -0.477 e.